The van der Waals surface area contributed by atoms with Gasteiger partial charge in [-0.3, -0.25) is 9.59 Å². The second-order valence-corrected chi connectivity index (χ2v) is 9.32. The molecule has 5 aromatic carbocycles. The zero-order valence-corrected chi connectivity index (χ0v) is 21.2. The van der Waals surface area contributed by atoms with Gasteiger partial charge in [-0.25, -0.2) is 0 Å². The number of carbonyl (C=O) groups is 2. The van der Waals surface area contributed by atoms with E-state index in [1.807, 2.05) is 97.1 Å². The molecular formula is C36H25NO2. The minimum atomic E-state index is -0.228. The molecule has 0 aromatic heterocycles. The van der Waals surface area contributed by atoms with E-state index in [1.165, 1.54) is 0 Å². The smallest absolute Gasteiger partial charge is 0.197 e. The lowest BCUT2D eigenvalue weighted by Crippen LogP contribution is -2.09. The van der Waals surface area contributed by atoms with Gasteiger partial charge in [0.25, 0.3) is 0 Å². The van der Waals surface area contributed by atoms with Gasteiger partial charge in [0, 0.05) is 28.2 Å². The van der Waals surface area contributed by atoms with Crippen LogP contribution in [0.2, 0.25) is 0 Å². The summed E-state index contributed by atoms with van der Waals surface area (Å²) in [5.74, 6) is -0.454. The van der Waals surface area contributed by atoms with Crippen molar-refractivity contribution >= 4 is 34.7 Å². The molecule has 186 valence electrons. The van der Waals surface area contributed by atoms with Crippen LogP contribution >= 0.6 is 0 Å². The van der Waals surface area contributed by atoms with E-state index in [-0.39, 0.29) is 17.1 Å². The lowest BCUT2D eigenvalue weighted by atomic mass is 10.0. The van der Waals surface area contributed by atoms with Crippen molar-refractivity contribution in [3.05, 3.63) is 168 Å². The zero-order valence-electron chi connectivity index (χ0n) is 21.2. The van der Waals surface area contributed by atoms with Crippen LogP contribution in [0.1, 0.15) is 26.3 Å². The molecule has 0 atom stereocenters. The highest BCUT2D eigenvalue weighted by Crippen LogP contribution is 2.34. The van der Waals surface area contributed by atoms with Gasteiger partial charge in [-0.1, -0.05) is 97.1 Å². The van der Waals surface area contributed by atoms with Crippen LogP contribution < -0.4 is 4.90 Å². The Morgan fingerprint density at radius 2 is 1.03 bits per heavy atom. The summed E-state index contributed by atoms with van der Waals surface area (Å²) in [7, 11) is 0. The fraction of sp³-hybridized carbons (Fsp3) is 0. The Bertz CT molecular complexity index is 1660. The average molecular weight is 504 g/mol. The lowest BCUT2D eigenvalue weighted by molar-refractivity contribution is 0.0989. The summed E-state index contributed by atoms with van der Waals surface area (Å²) in [4.78, 5) is 28.3. The summed E-state index contributed by atoms with van der Waals surface area (Å²) in [6.45, 7) is 0. The van der Waals surface area contributed by atoms with E-state index in [4.69, 9.17) is 0 Å². The van der Waals surface area contributed by atoms with E-state index in [0.29, 0.717) is 11.1 Å². The number of rotatable bonds is 6. The van der Waals surface area contributed by atoms with Crippen LogP contribution in [0, 0.1) is 0 Å². The number of Topliss-reactive ketones (excluding diaryl/α,β-unsaturated/α-hetero) is 2. The number of hydrogen-bond acceptors (Lipinski definition) is 3. The predicted molar refractivity (Wildman–Crippen MR) is 159 cm³/mol. The number of benzene rings is 5. The van der Waals surface area contributed by atoms with Gasteiger partial charge >= 0.3 is 0 Å². The van der Waals surface area contributed by atoms with E-state index in [9.17, 15) is 9.59 Å². The zero-order chi connectivity index (χ0) is 26.6. The molecule has 0 fully saturated rings. The third-order valence-electron chi connectivity index (χ3n) is 6.84. The van der Waals surface area contributed by atoms with Crippen molar-refractivity contribution in [2.24, 2.45) is 0 Å². The van der Waals surface area contributed by atoms with Gasteiger partial charge in [0.2, 0.25) is 0 Å². The average Bonchev–Trinajstić information content (AvgIpc) is 3.24. The molecule has 0 heterocycles. The maximum Gasteiger partial charge on any atom is 0.197 e. The minimum absolute atomic E-state index is 0.197. The molecule has 1 aliphatic rings. The molecule has 0 spiro atoms. The number of carbonyl (C=O) groups excluding carboxylic acids is 2. The van der Waals surface area contributed by atoms with E-state index in [1.54, 1.807) is 18.2 Å². The Balaban J connectivity index is 1.23. The second kappa shape index (κ2) is 10.6. The first-order valence-electron chi connectivity index (χ1n) is 12.9. The van der Waals surface area contributed by atoms with Crippen LogP contribution in [0.4, 0.5) is 17.1 Å². The number of para-hydroxylation sites is 2. The Morgan fingerprint density at radius 3 is 1.64 bits per heavy atom. The Hall–Kier alpha value is -5.28. The molecule has 5 aromatic rings. The van der Waals surface area contributed by atoms with Crippen LogP contribution in [0.5, 0.6) is 0 Å². The number of anilines is 3. The Labute approximate surface area is 228 Å². The Kier molecular flexibility index (Phi) is 6.55. The van der Waals surface area contributed by atoms with Crippen LogP contribution in [-0.2, 0) is 0 Å². The van der Waals surface area contributed by atoms with Gasteiger partial charge in [0.1, 0.15) is 0 Å². The predicted octanol–water partition coefficient (Wildman–Crippen LogP) is 8.84. The second-order valence-electron chi connectivity index (χ2n) is 9.32. The Morgan fingerprint density at radius 1 is 0.487 bits per heavy atom. The molecule has 0 radical (unpaired) electrons. The van der Waals surface area contributed by atoms with E-state index >= 15 is 0 Å². The van der Waals surface area contributed by atoms with Crippen molar-refractivity contribution in [1.82, 2.24) is 0 Å². The van der Waals surface area contributed by atoms with E-state index in [0.717, 1.165) is 33.8 Å². The summed E-state index contributed by atoms with van der Waals surface area (Å²) in [6.07, 6.45) is 5.31. The monoisotopic (exact) mass is 503 g/mol. The van der Waals surface area contributed by atoms with Crippen molar-refractivity contribution in [3.8, 4) is 11.1 Å². The number of fused-ring (bicyclic) bond motifs is 1. The highest BCUT2D eigenvalue weighted by Gasteiger charge is 2.32. The molecule has 3 heteroatoms. The van der Waals surface area contributed by atoms with Gasteiger partial charge in [0.05, 0.1) is 5.57 Å². The summed E-state index contributed by atoms with van der Waals surface area (Å²) < 4.78 is 0. The molecule has 1 aliphatic carbocycles. The number of ketones is 2. The molecule has 3 nitrogen and oxygen atoms in total. The fourth-order valence-electron chi connectivity index (χ4n) is 4.88. The standard InChI is InChI=1S/C36H25NO2/c38-35-32-24-21-28(27-12-4-1-5-13-27)25-34(32)36(39)33(35)18-10-11-26-19-22-31(23-20-26)37(29-14-6-2-7-15-29)30-16-8-3-9-17-30/h1-25H. The van der Waals surface area contributed by atoms with Gasteiger partial charge in [-0.15, -0.1) is 0 Å². The number of nitrogens with zero attached hydrogens (tertiary/aromatic N) is 1. The van der Waals surface area contributed by atoms with Crippen molar-refractivity contribution in [2.75, 3.05) is 4.90 Å². The summed E-state index contributed by atoms with van der Waals surface area (Å²) >= 11 is 0. The first kappa shape index (κ1) is 24.1. The fourth-order valence-corrected chi connectivity index (χ4v) is 4.88. The lowest BCUT2D eigenvalue weighted by Gasteiger charge is -2.25. The SMILES string of the molecule is O=C1C(=CC=Cc2ccc(N(c3ccccc3)c3ccccc3)cc2)C(=O)c2cc(-c3ccccc3)ccc21. The third kappa shape index (κ3) is 4.86. The van der Waals surface area contributed by atoms with Gasteiger partial charge < -0.3 is 4.90 Å². The summed E-state index contributed by atoms with van der Waals surface area (Å²) in [5, 5.41) is 0. The molecule has 0 amide bonds. The third-order valence-corrected chi connectivity index (χ3v) is 6.84. The van der Waals surface area contributed by atoms with Crippen molar-refractivity contribution in [1.29, 1.82) is 0 Å². The number of hydrogen-bond donors (Lipinski definition) is 0. The molecule has 0 saturated heterocycles. The quantitative estimate of drug-likeness (QED) is 0.172. The maximum absolute atomic E-state index is 13.1. The molecular weight excluding hydrogens is 478 g/mol. The highest BCUT2D eigenvalue weighted by atomic mass is 16.2. The molecule has 6 rings (SSSR count). The maximum atomic E-state index is 13.1. The van der Waals surface area contributed by atoms with Crippen LogP contribution in [0.3, 0.4) is 0 Å². The largest absolute Gasteiger partial charge is 0.311 e. The van der Waals surface area contributed by atoms with Gasteiger partial charge in [-0.05, 0) is 71.3 Å². The molecule has 0 unspecified atom stereocenters. The first-order chi connectivity index (χ1) is 19.2. The van der Waals surface area contributed by atoms with Crippen molar-refractivity contribution in [3.63, 3.8) is 0 Å². The highest BCUT2D eigenvalue weighted by molar-refractivity contribution is 6.39. The van der Waals surface area contributed by atoms with E-state index in [2.05, 4.69) is 41.3 Å². The van der Waals surface area contributed by atoms with Gasteiger partial charge in [0.15, 0.2) is 11.6 Å². The molecule has 39 heavy (non-hydrogen) atoms. The van der Waals surface area contributed by atoms with Gasteiger partial charge in [-0.2, -0.15) is 0 Å². The summed E-state index contributed by atoms with van der Waals surface area (Å²) in [6, 6.07) is 44.0. The van der Waals surface area contributed by atoms with Crippen molar-refractivity contribution < 1.29 is 9.59 Å². The summed E-state index contributed by atoms with van der Waals surface area (Å²) in [5.41, 5.74) is 7.22. The van der Waals surface area contributed by atoms with Crippen LogP contribution in [0.15, 0.2) is 151 Å². The minimum Gasteiger partial charge on any atom is -0.311 e. The molecule has 0 bridgehead atoms. The van der Waals surface area contributed by atoms with E-state index < -0.39 is 0 Å². The first-order valence-corrected chi connectivity index (χ1v) is 12.9. The molecule has 0 aliphatic heterocycles. The normalized spacial score (nSPS) is 13.7. The van der Waals surface area contributed by atoms with Crippen LogP contribution in [-0.4, -0.2) is 11.6 Å². The van der Waals surface area contributed by atoms with Crippen molar-refractivity contribution in [2.45, 2.75) is 0 Å². The number of allylic oxidation sites excluding steroid dienone is 3. The topological polar surface area (TPSA) is 37.4 Å². The molecule has 0 saturated carbocycles. The van der Waals surface area contributed by atoms with Crippen LogP contribution in [0.25, 0.3) is 17.2 Å². The molecule has 0 N–H and O–H groups in total.